The minimum Gasteiger partial charge on any atom is -0.377 e. The average Bonchev–Trinajstić information content (AvgIpc) is 3.02. The molecule has 0 aromatic carbocycles. The molecule has 0 spiro atoms. The van der Waals surface area contributed by atoms with E-state index in [9.17, 15) is 0 Å². The second kappa shape index (κ2) is 6.17. The molecule has 1 saturated carbocycles. The van der Waals surface area contributed by atoms with E-state index in [1.807, 2.05) is 0 Å². The standard InChI is InChI=1S/C14H28N2O/c1-11(14-5-4-10-17-14)15-8-9-16(3)12(2)13-6-7-13/h11-15H,4-10H2,1-3H3. The quantitative estimate of drug-likeness (QED) is 0.735. The zero-order valence-electron chi connectivity index (χ0n) is 11.6. The molecule has 1 aliphatic heterocycles. The summed E-state index contributed by atoms with van der Waals surface area (Å²) in [4.78, 5) is 2.49. The maximum absolute atomic E-state index is 5.69. The fraction of sp³-hybridized carbons (Fsp3) is 1.00. The van der Waals surface area contributed by atoms with Gasteiger partial charge in [0.2, 0.25) is 0 Å². The maximum Gasteiger partial charge on any atom is 0.0726 e. The van der Waals surface area contributed by atoms with E-state index in [-0.39, 0.29) is 0 Å². The Bertz CT molecular complexity index is 216. The van der Waals surface area contributed by atoms with Gasteiger partial charge in [0.15, 0.2) is 0 Å². The molecule has 3 heteroatoms. The smallest absolute Gasteiger partial charge is 0.0726 e. The van der Waals surface area contributed by atoms with Crippen LogP contribution in [0.15, 0.2) is 0 Å². The van der Waals surface area contributed by atoms with Crippen molar-refractivity contribution in [3.63, 3.8) is 0 Å². The van der Waals surface area contributed by atoms with Crippen molar-refractivity contribution in [2.24, 2.45) is 5.92 Å². The largest absolute Gasteiger partial charge is 0.377 e. The van der Waals surface area contributed by atoms with E-state index in [4.69, 9.17) is 4.74 Å². The van der Waals surface area contributed by atoms with E-state index in [1.165, 1.54) is 25.7 Å². The summed E-state index contributed by atoms with van der Waals surface area (Å²) in [6, 6.07) is 1.26. The topological polar surface area (TPSA) is 24.5 Å². The van der Waals surface area contributed by atoms with Gasteiger partial charge in [-0.1, -0.05) is 0 Å². The molecule has 2 aliphatic rings. The van der Waals surface area contributed by atoms with Crippen LogP contribution in [0.2, 0.25) is 0 Å². The first kappa shape index (κ1) is 13.3. The van der Waals surface area contributed by atoms with Crippen molar-refractivity contribution in [1.29, 1.82) is 0 Å². The van der Waals surface area contributed by atoms with Gasteiger partial charge in [-0.15, -0.1) is 0 Å². The highest BCUT2D eigenvalue weighted by Gasteiger charge is 2.30. The molecular weight excluding hydrogens is 212 g/mol. The Hall–Kier alpha value is -0.120. The van der Waals surface area contributed by atoms with Gasteiger partial charge in [0.1, 0.15) is 0 Å². The third-order valence-corrected chi connectivity index (χ3v) is 4.45. The zero-order valence-corrected chi connectivity index (χ0v) is 11.6. The molecule has 2 fully saturated rings. The van der Waals surface area contributed by atoms with E-state index in [2.05, 4.69) is 31.1 Å². The first-order chi connectivity index (χ1) is 8.18. The number of likely N-dealkylation sites (N-methyl/N-ethyl adjacent to an activating group) is 1. The lowest BCUT2D eigenvalue weighted by Gasteiger charge is -2.26. The van der Waals surface area contributed by atoms with Gasteiger partial charge in [-0.05, 0) is 52.5 Å². The summed E-state index contributed by atoms with van der Waals surface area (Å²) in [5, 5.41) is 3.60. The molecule has 1 saturated heterocycles. The second-order valence-electron chi connectivity index (χ2n) is 5.85. The number of hydrogen-bond donors (Lipinski definition) is 1. The Morgan fingerprint density at radius 3 is 2.65 bits per heavy atom. The van der Waals surface area contributed by atoms with Crippen molar-refractivity contribution in [1.82, 2.24) is 10.2 Å². The molecule has 17 heavy (non-hydrogen) atoms. The van der Waals surface area contributed by atoms with Gasteiger partial charge >= 0.3 is 0 Å². The molecule has 0 aromatic heterocycles. The van der Waals surface area contributed by atoms with Crippen LogP contribution in [0, 0.1) is 5.92 Å². The van der Waals surface area contributed by atoms with E-state index < -0.39 is 0 Å². The molecule has 0 amide bonds. The lowest BCUT2D eigenvalue weighted by Crippen LogP contribution is -2.42. The number of nitrogens with one attached hydrogen (secondary N) is 1. The first-order valence-corrected chi connectivity index (χ1v) is 7.23. The maximum atomic E-state index is 5.69. The van der Waals surface area contributed by atoms with E-state index in [0.717, 1.165) is 31.7 Å². The number of rotatable bonds is 7. The Kier molecular flexibility index (Phi) is 4.83. The summed E-state index contributed by atoms with van der Waals surface area (Å²) < 4.78 is 5.69. The molecule has 3 nitrogen and oxygen atoms in total. The summed E-state index contributed by atoms with van der Waals surface area (Å²) in [7, 11) is 2.25. The third-order valence-electron chi connectivity index (χ3n) is 4.45. The van der Waals surface area contributed by atoms with Gasteiger partial charge in [0, 0.05) is 31.8 Å². The summed E-state index contributed by atoms with van der Waals surface area (Å²) >= 11 is 0. The van der Waals surface area contributed by atoms with Crippen LogP contribution >= 0.6 is 0 Å². The molecular formula is C14H28N2O. The summed E-state index contributed by atoms with van der Waals surface area (Å²) in [5.41, 5.74) is 0. The number of nitrogens with zero attached hydrogens (tertiary/aromatic N) is 1. The normalized spacial score (nSPS) is 28.6. The molecule has 100 valence electrons. The van der Waals surface area contributed by atoms with Gasteiger partial charge in [0.05, 0.1) is 6.10 Å². The first-order valence-electron chi connectivity index (χ1n) is 7.23. The van der Waals surface area contributed by atoms with Crippen LogP contribution in [-0.4, -0.2) is 49.8 Å². The van der Waals surface area contributed by atoms with Crippen LogP contribution in [0.3, 0.4) is 0 Å². The van der Waals surface area contributed by atoms with Crippen LogP contribution in [0.1, 0.15) is 39.5 Å². The SMILES string of the molecule is CC(NCCN(C)C(C)C1CC1)C1CCCO1. The Labute approximate surface area is 106 Å². The van der Waals surface area contributed by atoms with Crippen molar-refractivity contribution in [3.05, 3.63) is 0 Å². The molecule has 1 N–H and O–H groups in total. The highest BCUT2D eigenvalue weighted by atomic mass is 16.5. The van der Waals surface area contributed by atoms with Crippen LogP contribution in [0.5, 0.6) is 0 Å². The van der Waals surface area contributed by atoms with Crippen molar-refractivity contribution in [2.45, 2.75) is 57.7 Å². The molecule has 3 atom stereocenters. The fourth-order valence-electron chi connectivity index (χ4n) is 2.74. The van der Waals surface area contributed by atoms with E-state index in [1.54, 1.807) is 0 Å². The molecule has 0 aromatic rings. The van der Waals surface area contributed by atoms with Gasteiger partial charge in [-0.3, -0.25) is 0 Å². The predicted molar refractivity (Wildman–Crippen MR) is 71.3 cm³/mol. The monoisotopic (exact) mass is 240 g/mol. The molecule has 2 rings (SSSR count). The Morgan fingerprint density at radius 1 is 1.29 bits per heavy atom. The molecule has 1 aliphatic carbocycles. The molecule has 3 unspecified atom stereocenters. The average molecular weight is 240 g/mol. The molecule has 1 heterocycles. The van der Waals surface area contributed by atoms with Gasteiger partial charge < -0.3 is 15.0 Å². The molecule has 0 radical (unpaired) electrons. The Balaban J connectivity index is 1.57. The zero-order chi connectivity index (χ0) is 12.3. The van der Waals surface area contributed by atoms with E-state index >= 15 is 0 Å². The van der Waals surface area contributed by atoms with Crippen LogP contribution in [0.4, 0.5) is 0 Å². The van der Waals surface area contributed by atoms with E-state index in [0.29, 0.717) is 12.1 Å². The van der Waals surface area contributed by atoms with Crippen LogP contribution < -0.4 is 5.32 Å². The highest BCUT2D eigenvalue weighted by Crippen LogP contribution is 2.34. The van der Waals surface area contributed by atoms with Crippen molar-refractivity contribution >= 4 is 0 Å². The lowest BCUT2D eigenvalue weighted by atomic mass is 10.1. The third kappa shape index (κ3) is 3.94. The fourth-order valence-corrected chi connectivity index (χ4v) is 2.74. The van der Waals surface area contributed by atoms with Crippen molar-refractivity contribution in [3.8, 4) is 0 Å². The lowest BCUT2D eigenvalue weighted by molar-refractivity contribution is 0.0823. The summed E-state index contributed by atoms with van der Waals surface area (Å²) in [6.07, 6.45) is 5.77. The van der Waals surface area contributed by atoms with Crippen molar-refractivity contribution < 1.29 is 4.74 Å². The second-order valence-corrected chi connectivity index (χ2v) is 5.85. The van der Waals surface area contributed by atoms with Crippen LogP contribution in [0.25, 0.3) is 0 Å². The Morgan fingerprint density at radius 2 is 2.06 bits per heavy atom. The predicted octanol–water partition coefficient (Wildman–Crippen LogP) is 1.87. The summed E-state index contributed by atoms with van der Waals surface area (Å²) in [5.74, 6) is 0.968. The van der Waals surface area contributed by atoms with Crippen LogP contribution in [-0.2, 0) is 4.74 Å². The number of ether oxygens (including phenoxy) is 1. The minimum absolute atomic E-state index is 0.446. The van der Waals surface area contributed by atoms with Gasteiger partial charge in [-0.2, -0.15) is 0 Å². The minimum atomic E-state index is 0.446. The highest BCUT2D eigenvalue weighted by molar-refractivity contribution is 4.84. The van der Waals surface area contributed by atoms with Gasteiger partial charge in [-0.25, -0.2) is 0 Å². The number of hydrogen-bond acceptors (Lipinski definition) is 3. The summed E-state index contributed by atoms with van der Waals surface area (Å²) in [6.45, 7) is 7.79. The van der Waals surface area contributed by atoms with Crippen molar-refractivity contribution in [2.75, 3.05) is 26.7 Å². The molecule has 0 bridgehead atoms. The van der Waals surface area contributed by atoms with Gasteiger partial charge in [0.25, 0.3) is 0 Å².